The maximum Gasteiger partial charge on any atom is 0.104 e. The third-order valence-corrected chi connectivity index (χ3v) is 1.82. The van der Waals surface area contributed by atoms with E-state index in [0.717, 1.165) is 5.57 Å². The lowest BCUT2D eigenvalue weighted by molar-refractivity contribution is 0.408. The Hall–Kier alpha value is -0.590. The highest BCUT2D eigenvalue weighted by molar-refractivity contribution is 5.27. The Morgan fingerprint density at radius 1 is 1.50 bits per heavy atom. The van der Waals surface area contributed by atoms with Gasteiger partial charge in [-0.1, -0.05) is 26.0 Å². The average Bonchev–Trinajstić information content (AvgIpc) is 1.79. The van der Waals surface area contributed by atoms with E-state index in [1.54, 1.807) is 6.92 Å². The fraction of sp³-hybridized carbons (Fsp3) is 0.556. The molecule has 1 rings (SSSR count). The van der Waals surface area contributed by atoms with Crippen LogP contribution in [0.4, 0.5) is 4.39 Å². The molecule has 0 heterocycles. The molecule has 0 amide bonds. The third-order valence-electron chi connectivity index (χ3n) is 1.82. The summed E-state index contributed by atoms with van der Waals surface area (Å²) in [6.07, 6.45) is 4.47. The van der Waals surface area contributed by atoms with Gasteiger partial charge in [-0.15, -0.1) is 0 Å². The molecule has 0 aromatic heterocycles. The van der Waals surface area contributed by atoms with Crippen molar-refractivity contribution in [2.24, 2.45) is 5.41 Å². The van der Waals surface area contributed by atoms with Gasteiger partial charge in [0.15, 0.2) is 0 Å². The second-order valence-corrected chi connectivity index (χ2v) is 3.59. The zero-order valence-corrected chi connectivity index (χ0v) is 6.74. The molecular weight excluding hydrogens is 127 g/mol. The molecule has 0 atom stereocenters. The van der Waals surface area contributed by atoms with E-state index in [-0.39, 0.29) is 11.2 Å². The van der Waals surface area contributed by atoms with E-state index in [4.69, 9.17) is 0 Å². The minimum absolute atomic E-state index is 0.0175. The molecule has 0 bridgehead atoms. The van der Waals surface area contributed by atoms with Crippen LogP contribution in [0.5, 0.6) is 0 Å². The molecule has 0 fully saturated rings. The number of hydrogen-bond donors (Lipinski definition) is 0. The fourth-order valence-electron chi connectivity index (χ4n) is 1.04. The van der Waals surface area contributed by atoms with E-state index in [1.165, 1.54) is 0 Å². The third kappa shape index (κ3) is 1.47. The molecule has 0 aromatic rings. The van der Waals surface area contributed by atoms with Gasteiger partial charge < -0.3 is 0 Å². The molecule has 0 spiro atoms. The van der Waals surface area contributed by atoms with Crippen LogP contribution in [0.15, 0.2) is 23.6 Å². The van der Waals surface area contributed by atoms with Gasteiger partial charge in [-0.2, -0.15) is 0 Å². The molecule has 0 aromatic carbocycles. The highest BCUT2D eigenvalue weighted by atomic mass is 19.1. The lowest BCUT2D eigenvalue weighted by atomic mass is 9.84. The lowest BCUT2D eigenvalue weighted by Crippen LogP contribution is -2.10. The van der Waals surface area contributed by atoms with Crippen LogP contribution in [0, 0.1) is 5.41 Å². The van der Waals surface area contributed by atoms with Crippen LogP contribution in [0.25, 0.3) is 0 Å². The summed E-state index contributed by atoms with van der Waals surface area (Å²) in [5.74, 6) is 0.0347. The van der Waals surface area contributed by atoms with Crippen molar-refractivity contribution in [1.82, 2.24) is 0 Å². The van der Waals surface area contributed by atoms with Gasteiger partial charge in [-0.3, -0.25) is 0 Å². The summed E-state index contributed by atoms with van der Waals surface area (Å²) < 4.78 is 12.9. The molecule has 0 unspecified atom stereocenters. The minimum atomic E-state index is 0.0175. The van der Waals surface area contributed by atoms with E-state index in [0.29, 0.717) is 6.42 Å². The molecule has 0 saturated heterocycles. The summed E-state index contributed by atoms with van der Waals surface area (Å²) in [5, 5.41) is 0. The Morgan fingerprint density at radius 3 is 2.50 bits per heavy atom. The van der Waals surface area contributed by atoms with Crippen molar-refractivity contribution in [2.45, 2.75) is 27.2 Å². The SMILES string of the molecule is CC1=C(F)CC(C)(C)C=C1. The summed E-state index contributed by atoms with van der Waals surface area (Å²) >= 11 is 0. The van der Waals surface area contributed by atoms with E-state index < -0.39 is 0 Å². The van der Waals surface area contributed by atoms with Gasteiger partial charge in [0, 0.05) is 6.42 Å². The second kappa shape index (κ2) is 2.22. The lowest BCUT2D eigenvalue weighted by Gasteiger charge is -2.23. The zero-order chi connectivity index (χ0) is 7.78. The molecular formula is C9H13F. The van der Waals surface area contributed by atoms with E-state index in [2.05, 4.69) is 6.08 Å². The number of hydrogen-bond acceptors (Lipinski definition) is 0. The van der Waals surface area contributed by atoms with Gasteiger partial charge in [0.1, 0.15) is 5.83 Å². The first-order valence-electron chi connectivity index (χ1n) is 3.56. The Morgan fingerprint density at radius 2 is 2.10 bits per heavy atom. The second-order valence-electron chi connectivity index (χ2n) is 3.59. The van der Waals surface area contributed by atoms with Crippen molar-refractivity contribution in [3.8, 4) is 0 Å². The molecule has 0 aliphatic heterocycles. The predicted molar refractivity (Wildman–Crippen MR) is 41.3 cm³/mol. The Kier molecular flexibility index (Phi) is 1.67. The van der Waals surface area contributed by atoms with Crippen molar-refractivity contribution < 1.29 is 4.39 Å². The first kappa shape index (κ1) is 7.52. The molecule has 0 radical (unpaired) electrons. The number of allylic oxidation sites excluding steroid dienone is 4. The normalized spacial score (nSPS) is 23.6. The Balaban J connectivity index is 2.85. The summed E-state index contributed by atoms with van der Waals surface area (Å²) in [6, 6.07) is 0. The van der Waals surface area contributed by atoms with Gasteiger partial charge in [0.25, 0.3) is 0 Å². The van der Waals surface area contributed by atoms with Gasteiger partial charge in [-0.05, 0) is 17.9 Å². The van der Waals surface area contributed by atoms with E-state index in [1.807, 2.05) is 19.9 Å². The monoisotopic (exact) mass is 140 g/mol. The minimum Gasteiger partial charge on any atom is -0.212 e. The van der Waals surface area contributed by atoms with Crippen LogP contribution in [-0.4, -0.2) is 0 Å². The van der Waals surface area contributed by atoms with Crippen molar-refractivity contribution in [3.63, 3.8) is 0 Å². The van der Waals surface area contributed by atoms with Crippen LogP contribution >= 0.6 is 0 Å². The number of rotatable bonds is 0. The molecule has 10 heavy (non-hydrogen) atoms. The average molecular weight is 140 g/mol. The molecule has 1 aliphatic rings. The summed E-state index contributed by atoms with van der Waals surface area (Å²) in [5.41, 5.74) is 0.795. The largest absolute Gasteiger partial charge is 0.212 e. The molecule has 1 aliphatic carbocycles. The summed E-state index contributed by atoms with van der Waals surface area (Å²) in [6.45, 7) is 5.88. The molecule has 0 N–H and O–H groups in total. The maximum absolute atomic E-state index is 12.9. The first-order valence-corrected chi connectivity index (χ1v) is 3.56. The fourth-order valence-corrected chi connectivity index (χ4v) is 1.04. The predicted octanol–water partition coefficient (Wildman–Crippen LogP) is 3.22. The zero-order valence-electron chi connectivity index (χ0n) is 6.74. The summed E-state index contributed by atoms with van der Waals surface area (Å²) in [4.78, 5) is 0. The van der Waals surface area contributed by atoms with Gasteiger partial charge in [0.05, 0.1) is 0 Å². The van der Waals surface area contributed by atoms with Crippen molar-refractivity contribution >= 4 is 0 Å². The topological polar surface area (TPSA) is 0 Å². The Labute approximate surface area is 61.4 Å². The highest BCUT2D eigenvalue weighted by Gasteiger charge is 2.20. The van der Waals surface area contributed by atoms with Gasteiger partial charge >= 0.3 is 0 Å². The van der Waals surface area contributed by atoms with Gasteiger partial charge in [-0.25, -0.2) is 4.39 Å². The van der Waals surface area contributed by atoms with Crippen molar-refractivity contribution in [3.05, 3.63) is 23.6 Å². The molecule has 0 nitrogen and oxygen atoms in total. The number of halogens is 1. The highest BCUT2D eigenvalue weighted by Crippen LogP contribution is 2.33. The summed E-state index contributed by atoms with van der Waals surface area (Å²) in [7, 11) is 0. The molecule has 0 saturated carbocycles. The quantitative estimate of drug-likeness (QED) is 0.484. The van der Waals surface area contributed by atoms with E-state index >= 15 is 0 Å². The smallest absolute Gasteiger partial charge is 0.104 e. The van der Waals surface area contributed by atoms with E-state index in [9.17, 15) is 4.39 Å². The molecule has 56 valence electrons. The molecule has 1 heteroatoms. The van der Waals surface area contributed by atoms with Crippen LogP contribution in [-0.2, 0) is 0 Å². The van der Waals surface area contributed by atoms with Crippen molar-refractivity contribution in [1.29, 1.82) is 0 Å². The Bertz CT molecular complexity index is 197. The van der Waals surface area contributed by atoms with Crippen LogP contribution in [0.1, 0.15) is 27.2 Å². The maximum atomic E-state index is 12.9. The standard InChI is InChI=1S/C9H13F/c1-7-4-5-9(2,3)6-8(7)10/h4-5H,6H2,1-3H3. The van der Waals surface area contributed by atoms with Crippen molar-refractivity contribution in [2.75, 3.05) is 0 Å². The van der Waals surface area contributed by atoms with Crippen LogP contribution in [0.3, 0.4) is 0 Å². The van der Waals surface area contributed by atoms with Crippen LogP contribution in [0.2, 0.25) is 0 Å². The van der Waals surface area contributed by atoms with Crippen LogP contribution < -0.4 is 0 Å². The first-order chi connectivity index (χ1) is 4.51. The van der Waals surface area contributed by atoms with Gasteiger partial charge in [0.2, 0.25) is 0 Å².